The van der Waals surface area contributed by atoms with E-state index in [1.165, 1.54) is 4.31 Å². The average Bonchev–Trinajstić information content (AvgIpc) is 3.50. The molecule has 1 saturated heterocycles. The Morgan fingerprint density at radius 2 is 1.53 bits per heavy atom. The maximum Gasteiger partial charge on any atom is 0.264 e. The number of benzene rings is 4. The summed E-state index contributed by atoms with van der Waals surface area (Å²) >= 11 is 6.28. The monoisotopic (exact) mass is 617 g/mol. The molecule has 0 unspecified atom stereocenters. The van der Waals surface area contributed by atoms with Crippen LogP contribution < -0.4 is 13.8 Å². The molecule has 2 heterocycles. The number of nitrogens with zero attached hydrogens (tertiary/aromatic N) is 3. The molecule has 0 aliphatic carbocycles. The van der Waals surface area contributed by atoms with E-state index in [0.717, 1.165) is 47.8 Å². The van der Waals surface area contributed by atoms with Crippen molar-refractivity contribution in [3.63, 3.8) is 0 Å². The number of carbonyl (C=O) groups excluding carboxylic acids is 1. The van der Waals surface area contributed by atoms with Gasteiger partial charge in [-0.3, -0.25) is 14.0 Å². The molecule has 0 atom stereocenters. The fourth-order valence-electron chi connectivity index (χ4n) is 5.38. The van der Waals surface area contributed by atoms with Crippen molar-refractivity contribution in [1.29, 1.82) is 0 Å². The number of carbonyl (C=O) groups is 1. The lowest BCUT2D eigenvalue weighted by Crippen LogP contribution is -2.48. The van der Waals surface area contributed by atoms with Gasteiger partial charge < -0.3 is 14.4 Å². The summed E-state index contributed by atoms with van der Waals surface area (Å²) in [5.74, 6) is 1.52. The van der Waals surface area contributed by atoms with Gasteiger partial charge in [-0.2, -0.15) is 0 Å². The van der Waals surface area contributed by atoms with E-state index in [9.17, 15) is 13.2 Å². The summed E-state index contributed by atoms with van der Waals surface area (Å²) in [6.07, 6.45) is 0. The molecule has 1 fully saturated rings. The molecule has 6 rings (SSSR count). The van der Waals surface area contributed by atoms with Crippen molar-refractivity contribution in [3.05, 3.63) is 118 Å². The first-order chi connectivity index (χ1) is 20.8. The van der Waals surface area contributed by atoms with Crippen LogP contribution in [0.2, 0.25) is 5.02 Å². The highest BCUT2D eigenvalue weighted by molar-refractivity contribution is 7.92. The zero-order valence-electron chi connectivity index (χ0n) is 23.8. The van der Waals surface area contributed by atoms with Crippen LogP contribution in [0.5, 0.6) is 11.5 Å². The first-order valence-electron chi connectivity index (χ1n) is 14.1. The summed E-state index contributed by atoms with van der Waals surface area (Å²) in [4.78, 5) is 17.7. The zero-order chi connectivity index (χ0) is 30.0. The lowest BCUT2D eigenvalue weighted by molar-refractivity contribution is 0.0628. The first-order valence-corrected chi connectivity index (χ1v) is 15.9. The van der Waals surface area contributed by atoms with E-state index in [1.54, 1.807) is 54.6 Å². The van der Waals surface area contributed by atoms with Crippen molar-refractivity contribution in [2.45, 2.75) is 24.9 Å². The quantitative estimate of drug-likeness (QED) is 0.251. The number of hydrogen-bond acceptors (Lipinski definition) is 6. The van der Waals surface area contributed by atoms with Crippen LogP contribution in [0.25, 0.3) is 0 Å². The van der Waals surface area contributed by atoms with Crippen LogP contribution in [0.4, 0.5) is 5.69 Å². The third-order valence-corrected chi connectivity index (χ3v) is 9.81. The minimum atomic E-state index is -3.88. The number of piperazine rings is 1. The van der Waals surface area contributed by atoms with Gasteiger partial charge in [-0.25, -0.2) is 8.42 Å². The number of ether oxygens (including phenoxy) is 2. The van der Waals surface area contributed by atoms with Crippen LogP contribution in [0, 0.1) is 6.92 Å². The molecule has 0 bridgehead atoms. The normalized spacial score (nSPS) is 15.0. The Balaban J connectivity index is 1.13. The van der Waals surface area contributed by atoms with Crippen molar-refractivity contribution in [2.24, 2.45) is 0 Å². The van der Waals surface area contributed by atoms with Gasteiger partial charge in [-0.05, 0) is 72.1 Å². The number of sulfonamides is 1. The second-order valence-corrected chi connectivity index (χ2v) is 13.0. The lowest BCUT2D eigenvalue weighted by Gasteiger charge is -2.35. The van der Waals surface area contributed by atoms with Gasteiger partial charge in [0.05, 0.1) is 17.1 Å². The molecule has 1 amide bonds. The molecule has 2 aliphatic rings. The molecule has 2 aliphatic heterocycles. The summed E-state index contributed by atoms with van der Waals surface area (Å²) in [5.41, 5.74) is 3.77. The predicted octanol–water partition coefficient (Wildman–Crippen LogP) is 5.73. The van der Waals surface area contributed by atoms with Crippen LogP contribution in [-0.4, -0.2) is 57.1 Å². The number of fused-ring (bicyclic) bond motifs is 1. The highest BCUT2D eigenvalue weighted by atomic mass is 35.5. The van der Waals surface area contributed by atoms with Crippen LogP contribution in [0.3, 0.4) is 0 Å². The standard InChI is InChI=1S/C33H32ClN3O5S/c1-24-7-13-28(34)20-30(24)37(43(39,40)29-5-3-2-4-6-29)22-25-8-11-27(12-9-25)33(38)36-17-15-35(16-18-36)21-26-10-14-31-32(19-26)42-23-41-31/h2-14,19-20H,15-18,21-23H2,1H3. The van der Waals surface area contributed by atoms with E-state index in [0.29, 0.717) is 29.4 Å². The highest BCUT2D eigenvalue weighted by Gasteiger charge is 2.27. The zero-order valence-corrected chi connectivity index (χ0v) is 25.4. The highest BCUT2D eigenvalue weighted by Crippen LogP contribution is 2.33. The Bertz CT molecular complexity index is 1720. The molecule has 4 aromatic carbocycles. The predicted molar refractivity (Wildman–Crippen MR) is 166 cm³/mol. The van der Waals surface area contributed by atoms with Crippen LogP contribution >= 0.6 is 11.6 Å². The molecule has 222 valence electrons. The third-order valence-electron chi connectivity index (χ3n) is 7.80. The Morgan fingerprint density at radius 1 is 0.837 bits per heavy atom. The Morgan fingerprint density at radius 3 is 2.28 bits per heavy atom. The second-order valence-electron chi connectivity index (χ2n) is 10.7. The number of hydrogen-bond donors (Lipinski definition) is 0. The summed E-state index contributed by atoms with van der Waals surface area (Å²) in [5, 5.41) is 0.450. The third kappa shape index (κ3) is 6.34. The lowest BCUT2D eigenvalue weighted by atomic mass is 10.1. The van der Waals surface area contributed by atoms with Crippen LogP contribution in [0.15, 0.2) is 95.9 Å². The van der Waals surface area contributed by atoms with Crippen LogP contribution in [-0.2, 0) is 23.1 Å². The van der Waals surface area contributed by atoms with Crippen molar-refractivity contribution < 1.29 is 22.7 Å². The summed E-state index contributed by atoms with van der Waals surface area (Å²) in [6, 6.07) is 26.7. The van der Waals surface area contributed by atoms with Gasteiger partial charge in [0.2, 0.25) is 6.79 Å². The van der Waals surface area contributed by atoms with Gasteiger partial charge in [-0.15, -0.1) is 0 Å². The van der Waals surface area contributed by atoms with Gasteiger partial charge >= 0.3 is 0 Å². The molecule has 8 nitrogen and oxygen atoms in total. The van der Waals surface area contributed by atoms with Gasteiger partial charge in [0.1, 0.15) is 0 Å². The molecule has 4 aromatic rings. The van der Waals surface area contributed by atoms with Crippen LogP contribution in [0.1, 0.15) is 27.0 Å². The van der Waals surface area contributed by atoms with Crippen molar-refractivity contribution in [2.75, 3.05) is 37.3 Å². The smallest absolute Gasteiger partial charge is 0.264 e. The Kier molecular flexibility index (Phi) is 8.30. The fourth-order valence-corrected chi connectivity index (χ4v) is 7.07. The molecule has 43 heavy (non-hydrogen) atoms. The Hall–Kier alpha value is -4.05. The fraction of sp³-hybridized carbons (Fsp3) is 0.242. The van der Waals surface area contributed by atoms with Gasteiger partial charge in [-0.1, -0.05) is 54.1 Å². The van der Waals surface area contributed by atoms with E-state index in [4.69, 9.17) is 21.1 Å². The number of anilines is 1. The Labute approximate surface area is 257 Å². The number of halogens is 1. The number of amides is 1. The molecule has 0 saturated carbocycles. The molecule has 0 aromatic heterocycles. The van der Waals surface area contributed by atoms with Gasteiger partial charge in [0, 0.05) is 43.3 Å². The second kappa shape index (κ2) is 12.3. The summed E-state index contributed by atoms with van der Waals surface area (Å²) in [7, 11) is -3.88. The topological polar surface area (TPSA) is 79.4 Å². The average molecular weight is 618 g/mol. The maximum absolute atomic E-state index is 13.8. The van der Waals surface area contributed by atoms with Gasteiger partial charge in [0.25, 0.3) is 15.9 Å². The van der Waals surface area contributed by atoms with Crippen molar-refractivity contribution >= 4 is 33.2 Å². The summed E-state index contributed by atoms with van der Waals surface area (Å²) in [6.45, 7) is 5.77. The molecular formula is C33H32ClN3O5S. The van der Waals surface area contributed by atoms with Gasteiger partial charge in [0.15, 0.2) is 11.5 Å². The SMILES string of the molecule is Cc1ccc(Cl)cc1N(Cc1ccc(C(=O)N2CCN(Cc3ccc4c(c3)OCO4)CC2)cc1)S(=O)(=O)c1ccccc1. The number of rotatable bonds is 8. The minimum absolute atomic E-state index is 0.0336. The summed E-state index contributed by atoms with van der Waals surface area (Å²) < 4.78 is 39.8. The number of aryl methyl sites for hydroxylation is 1. The van der Waals surface area contributed by atoms with E-state index in [1.807, 2.05) is 48.2 Å². The molecule has 0 N–H and O–H groups in total. The van der Waals surface area contributed by atoms with Crippen molar-refractivity contribution in [3.8, 4) is 11.5 Å². The molecule has 0 radical (unpaired) electrons. The van der Waals surface area contributed by atoms with E-state index < -0.39 is 10.0 Å². The first kappa shape index (κ1) is 29.0. The molecule has 10 heteroatoms. The van der Waals surface area contributed by atoms with E-state index in [2.05, 4.69) is 4.90 Å². The largest absolute Gasteiger partial charge is 0.454 e. The maximum atomic E-state index is 13.8. The minimum Gasteiger partial charge on any atom is -0.454 e. The van der Waals surface area contributed by atoms with Crippen molar-refractivity contribution in [1.82, 2.24) is 9.80 Å². The molecule has 0 spiro atoms. The molecular weight excluding hydrogens is 586 g/mol. The van der Waals surface area contributed by atoms with E-state index in [-0.39, 0.29) is 24.1 Å². The van der Waals surface area contributed by atoms with E-state index >= 15 is 0 Å².